The maximum Gasteiger partial charge on any atom is 0.386 e. The Bertz CT molecular complexity index is 6820. The molecule has 0 aromatic carbocycles. The number of nitrogen functional groups attached to an aromatic ring is 2. The number of ketones is 2. The van der Waals surface area contributed by atoms with Crippen LogP contribution in [-0.4, -0.2) is 295 Å². The van der Waals surface area contributed by atoms with Gasteiger partial charge in [0.25, 0.3) is 16.7 Å². The normalized spacial score (nSPS) is 38.2. The van der Waals surface area contributed by atoms with Gasteiger partial charge in [-0.2, -0.15) is 4.98 Å². The van der Waals surface area contributed by atoms with Gasteiger partial charge in [0.05, 0.1) is 90.4 Å². The third kappa shape index (κ3) is 19.3. The van der Waals surface area contributed by atoms with E-state index in [4.69, 9.17) is 165 Å². The molecule has 738 valence electrons. The molecule has 0 bridgehead atoms. The molecule has 0 aliphatic carbocycles. The number of nitrogens with one attached hydrogen (secondary N) is 3. The number of H-pyrrole nitrogens is 3. The summed E-state index contributed by atoms with van der Waals surface area (Å²) in [5.74, 6) is -0.763. The van der Waals surface area contributed by atoms with E-state index in [1.54, 1.807) is 0 Å². The number of Topliss-reactive ketones (excluding diaryl/α,β-unsaturated/α-hetero) is 2. The average Bonchev–Trinajstić information content (AvgIpc) is 1.62. The summed E-state index contributed by atoms with van der Waals surface area (Å²) in [5, 5.41) is 0. The summed E-state index contributed by atoms with van der Waals surface area (Å²) in [4.78, 5) is 176. The molecule has 0 amide bonds. The number of nitrogens with zero attached hydrogens (tertiary/aromatic N) is 19. The number of imidazole rings is 6. The summed E-state index contributed by atoms with van der Waals surface area (Å²) < 4.78 is 217. The van der Waals surface area contributed by atoms with Crippen LogP contribution in [0.1, 0.15) is 82.8 Å². The summed E-state index contributed by atoms with van der Waals surface area (Å²) in [6.07, 6.45) is -32.0. The van der Waals surface area contributed by atoms with Crippen molar-refractivity contribution in [1.82, 2.24) is 97.2 Å². The van der Waals surface area contributed by atoms with Gasteiger partial charge in [-0.05, 0) is 72.9 Å². The molecule has 55 nitrogen and oxygen atoms in total. The largest absolute Gasteiger partial charge is 0.387 e. The first-order chi connectivity index (χ1) is 64.7. The molecule has 11 aliphatic heterocycles. The van der Waals surface area contributed by atoms with Crippen LogP contribution >= 0.6 is 52.6 Å². The van der Waals surface area contributed by atoms with Crippen molar-refractivity contribution in [2.45, 2.75) is 174 Å². The highest BCUT2D eigenvalue weighted by atomic mass is 32.7. The second-order valence-corrected chi connectivity index (χ2v) is 48.3. The van der Waals surface area contributed by atoms with Crippen molar-refractivity contribution in [2.24, 2.45) is 21.5 Å². The minimum atomic E-state index is -4.41. The van der Waals surface area contributed by atoms with E-state index < -0.39 is 256 Å². The lowest BCUT2D eigenvalue weighted by molar-refractivity contribution is -0.0586. The molecule has 9 fully saturated rings. The maximum atomic E-state index is 16.0. The van der Waals surface area contributed by atoms with E-state index in [2.05, 4.69) is 92.0 Å². The van der Waals surface area contributed by atoms with Crippen LogP contribution in [-0.2, 0) is 146 Å². The Balaban J connectivity index is 0.000000132. The van der Waals surface area contributed by atoms with Gasteiger partial charge < -0.3 is 108 Å². The molecule has 10 aromatic rings. The highest BCUT2D eigenvalue weighted by molar-refractivity contribution is 8.44. The Kier molecular flexibility index (Phi) is 26.7. The molecule has 6 unspecified atom stereocenters. The molecule has 16 N–H and O–H groups in total. The summed E-state index contributed by atoms with van der Waals surface area (Å²) in [6.45, 7) is -26.9. The van der Waals surface area contributed by atoms with E-state index in [0.29, 0.717) is 0 Å². The zero-order chi connectivity index (χ0) is 97.2. The number of aromatic amines is 3. The molecule has 0 saturated carbocycles. The number of halogens is 6. The van der Waals surface area contributed by atoms with E-state index in [0.717, 1.165) is 60.8 Å². The number of hydrogen-bond acceptors (Lipinski definition) is 46. The highest BCUT2D eigenvalue weighted by Gasteiger charge is 2.60. The zero-order valence-electron chi connectivity index (χ0n) is 68.8. The first-order valence-corrected chi connectivity index (χ1v) is 55.5. The van der Waals surface area contributed by atoms with Gasteiger partial charge in [0, 0.05) is 0 Å². The third-order valence-electron chi connectivity index (χ3n) is 22.4. The second-order valence-electron chi connectivity index (χ2n) is 31.4. The molecule has 21 heterocycles. The number of carbonyl (C=O) groups excluding carboxylic acids is 2. The molecule has 11 aliphatic rings. The Morgan fingerprint density at radius 3 is 0.993 bits per heavy atom. The Morgan fingerprint density at radius 2 is 0.657 bits per heavy atom. The fraction of sp³-hybridized carbons (Fsp3) is 0.531. The molecular formula is C64H70F6N26O29P6S6. The van der Waals surface area contributed by atoms with Gasteiger partial charge in [-0.1, -0.05) is 12.2 Å². The van der Waals surface area contributed by atoms with Crippen LogP contribution in [0.3, 0.4) is 0 Å². The van der Waals surface area contributed by atoms with Crippen LogP contribution in [0.5, 0.6) is 0 Å². The van der Waals surface area contributed by atoms with Crippen LogP contribution in [0, 0.1) is 13.8 Å². The van der Waals surface area contributed by atoms with Crippen LogP contribution in [0.15, 0.2) is 68.7 Å². The van der Waals surface area contributed by atoms with Gasteiger partial charge in [-0.3, -0.25) is 88.0 Å². The third-order valence-corrected chi connectivity index (χ3v) is 31.8. The molecule has 0 spiro atoms. The lowest BCUT2D eigenvalue weighted by Gasteiger charge is -2.29. The summed E-state index contributed by atoms with van der Waals surface area (Å²) in [5.41, 5.74) is 21.0. The number of carbonyl (C=O) groups is 2. The minimum Gasteiger partial charge on any atom is -0.387 e. The molecule has 0 radical (unpaired) electrons. The van der Waals surface area contributed by atoms with E-state index >= 15 is 26.3 Å². The maximum absolute atomic E-state index is 16.0. The fourth-order valence-corrected chi connectivity index (χ4v) is 25.0. The number of amidine groups is 2. The van der Waals surface area contributed by atoms with Crippen LogP contribution < -0.4 is 39.6 Å². The van der Waals surface area contributed by atoms with Crippen molar-refractivity contribution in [3.05, 3.63) is 98.4 Å². The number of alkyl halides is 6. The van der Waals surface area contributed by atoms with Crippen LogP contribution in [0.4, 0.5) is 49.7 Å². The number of hydrogen-bond donors (Lipinski definition) is 13. The van der Waals surface area contributed by atoms with Crippen molar-refractivity contribution >= 4 is 203 Å². The number of aryl methyl sites for hydroxylation is 2. The second kappa shape index (κ2) is 37.3. The Hall–Kier alpha value is -7.61. The topological polar surface area (TPSA) is 717 Å². The monoisotopic (exact) mass is 2160 g/mol. The van der Waals surface area contributed by atoms with Gasteiger partial charge in [0.15, 0.2) is 154 Å². The van der Waals surface area contributed by atoms with Crippen LogP contribution in [0.25, 0.3) is 44.7 Å². The zero-order valence-corrected chi connectivity index (χ0v) is 79.2. The molecule has 73 heteroatoms. The van der Waals surface area contributed by atoms with Gasteiger partial charge in [0.2, 0.25) is 5.95 Å². The predicted molar refractivity (Wildman–Crippen MR) is 470 cm³/mol. The van der Waals surface area contributed by atoms with Crippen molar-refractivity contribution in [1.29, 1.82) is 0 Å². The van der Waals surface area contributed by atoms with Crippen molar-refractivity contribution in [2.75, 3.05) is 51.1 Å². The standard InChI is InChI=1S/C22H24F2N8O10P2S2.C21H23F2N9O10P2S2.C21H23F2N9O9P2S2/c1-7-28-19-15(20(34)29-7)27-6-32(19)22-13(24)17-10(40-22)4-38-43(35,45)41-16-9(3-37-44(36,46)42-17)39-21(12(16)23)31-5-26-14-8(33)2-11(25)30-18(14)31;22-10-14-7(39-19(10)31-4-26-12-6(33)1-9(24)28-16(12)31)2-37-44(36,46)42-15-8(3-38-43(35,45)41-14)40-20(11(15)23)32-5-27-13-17(32)29-21(25)30-18(13)34;1-7-29-18-13(19(33)30-7)28-6-32(18)21-11(23)15-9(39-21)3-37-42(34,44)40-14-8(2-36-43(35,45)41-15)38-20(10(14)22)31-5-27-12-16(24)25-4-26-17(12)31/h5-6,9-10,12-13,16-17,21-22H,2-4H2,1H3,(H2,25,30)(H,35,45)(H,36,46)(H,28,29,34);4-5,7-8,10-11,14-15,19-20H,1-3H2,(H2,24,28)(H,35,45)(H,36,46)(H3,25,29,30,34);4-6,8-11,14-15,20-21H,2-3H2,1H3,(H,34,44)(H,35,45)(H2,24,25,26)(H,29,30,33)/t9-,10-,12-,13-,16-,17-,21-,22-,43?,44?;7-,8-,10-,11-,14-,15-,19-,20-,43?,44?;8-,9-,10-,11-,14-,15-,20-,21-,42?,43?/m111/s1. The van der Waals surface area contributed by atoms with Gasteiger partial charge >= 0.3 is 40.4 Å². The first kappa shape index (κ1) is 98.2. The smallest absolute Gasteiger partial charge is 0.386 e. The molecule has 10 aromatic heterocycles. The minimum absolute atomic E-state index is 0.00726. The van der Waals surface area contributed by atoms with Gasteiger partial charge in [-0.25, -0.2) is 90.7 Å². The van der Waals surface area contributed by atoms with E-state index in [-0.39, 0.29) is 116 Å². The van der Waals surface area contributed by atoms with Gasteiger partial charge in [-0.15, -0.1) is 0 Å². The van der Waals surface area contributed by atoms with Gasteiger partial charge in [0.1, 0.15) is 108 Å². The predicted octanol–water partition coefficient (Wildman–Crippen LogP) is 1.91. The summed E-state index contributed by atoms with van der Waals surface area (Å²) in [6, 6.07) is 0. The molecular weight excluding hydrogens is 2090 g/mol. The molecule has 30 atom stereocenters. The number of aromatic nitrogens is 20. The molecule has 21 rings (SSSR count). The van der Waals surface area contributed by atoms with E-state index in [1.807, 2.05) is 0 Å². The lowest BCUT2D eigenvalue weighted by Crippen LogP contribution is -2.37. The lowest BCUT2D eigenvalue weighted by atomic mass is 10.1. The summed E-state index contributed by atoms with van der Waals surface area (Å²) in [7, 11) is 0. The van der Waals surface area contributed by atoms with E-state index in [9.17, 15) is 53.0 Å². The quantitative estimate of drug-likeness (QED) is 0.0642. The Labute approximate surface area is 788 Å². The fourth-order valence-electron chi connectivity index (χ4n) is 16.4. The SMILES string of the molecule is Cc1nc2c(ncn2[C@@H]2O[C@@H]3COP(O)(=S)O[C@H]4[C@@H](F)[C@H](n5cnc6c(N)ncnc65)O[C@@H]4COP(=O)(S)O[C@H]3[C@H]2F)c(=O)[nH]1.Cc1nc2c(ncn2[C@@H]2O[C@@H]3COP(O)(=S)O[C@H]4[C@@H](F)[C@H](n5cnc6c5N=C(N)CC6=O)O[C@@H]4COP(O)(=S)O[C@H]3[C@H]2F)c(=O)[nH]1.NC1=Nc2c(ncn2[C@@H]2O[C@@H]3COP(O)(=S)O[C@H]4[C@@H](F)[C@H](n5cnc6c(=O)[nH]c(N)nc65)O[C@@H]4COP(O)(=S)O[C@H]3[C@H]2F)C(=O)C1. The van der Waals surface area contributed by atoms with Crippen molar-refractivity contribution < 1.29 is 148 Å². The number of ether oxygens (including phenoxy) is 6. The first-order valence-electron chi connectivity index (χ1n) is 39.8. The van der Waals surface area contributed by atoms with Crippen molar-refractivity contribution in [3.63, 3.8) is 0 Å². The molecule has 137 heavy (non-hydrogen) atoms. The van der Waals surface area contributed by atoms with Crippen molar-refractivity contribution in [3.8, 4) is 0 Å². The number of rotatable bonds is 6. The van der Waals surface area contributed by atoms with Crippen LogP contribution in [0.2, 0.25) is 0 Å². The number of thiol groups is 1. The average molecular weight is 2160 g/mol. The number of aliphatic imine (C=N–C) groups is 2. The Morgan fingerprint density at radius 1 is 0.380 bits per heavy atom. The number of anilines is 2. The molecule has 9 saturated heterocycles. The summed E-state index contributed by atoms with van der Waals surface area (Å²) >= 11 is 29.7. The van der Waals surface area contributed by atoms with E-state index in [1.165, 1.54) is 24.7 Å². The highest BCUT2D eigenvalue weighted by Crippen LogP contribution is 2.62. The number of fused-ring (bicyclic) bond motifs is 12. The number of nitrogens with two attached hydrogens (primary N) is 4.